The molecular weight excluding hydrogens is 250 g/mol. The van der Waals surface area contributed by atoms with E-state index in [4.69, 9.17) is 5.11 Å². The van der Waals surface area contributed by atoms with Gasteiger partial charge in [-0.3, -0.25) is 4.98 Å². The molecule has 2 rings (SSSR count). The highest BCUT2D eigenvalue weighted by molar-refractivity contribution is 5.87. The maximum Gasteiger partial charge on any atom is 0.335 e. The van der Waals surface area contributed by atoms with Crippen molar-refractivity contribution in [3.63, 3.8) is 0 Å². The second kappa shape index (κ2) is 5.45. The molecule has 1 atom stereocenters. The maximum absolute atomic E-state index is 10.9. The fourth-order valence-electron chi connectivity index (χ4n) is 2.56. The van der Waals surface area contributed by atoms with E-state index in [0.29, 0.717) is 5.56 Å². The van der Waals surface area contributed by atoms with Crippen LogP contribution in [0.15, 0.2) is 48.8 Å². The number of carboxylic acid groups (broad SMARTS) is 1. The van der Waals surface area contributed by atoms with Crippen LogP contribution in [0.5, 0.6) is 0 Å². The van der Waals surface area contributed by atoms with Gasteiger partial charge in [-0.1, -0.05) is 39.0 Å². The van der Waals surface area contributed by atoms with Crippen LogP contribution in [-0.2, 0) is 0 Å². The van der Waals surface area contributed by atoms with Crippen LogP contribution in [0.1, 0.15) is 48.2 Å². The van der Waals surface area contributed by atoms with Crippen molar-refractivity contribution in [2.75, 3.05) is 0 Å². The van der Waals surface area contributed by atoms with Gasteiger partial charge in [-0.2, -0.15) is 0 Å². The van der Waals surface area contributed by atoms with Crippen molar-refractivity contribution in [3.8, 4) is 0 Å². The number of hydrogen-bond donors (Lipinski definition) is 1. The average molecular weight is 269 g/mol. The summed E-state index contributed by atoms with van der Waals surface area (Å²) in [7, 11) is 0. The molecule has 0 amide bonds. The van der Waals surface area contributed by atoms with Crippen LogP contribution in [0.4, 0.5) is 0 Å². The van der Waals surface area contributed by atoms with Gasteiger partial charge in [0.15, 0.2) is 0 Å². The molecule has 3 nitrogen and oxygen atoms in total. The Hall–Kier alpha value is -2.16. The summed E-state index contributed by atoms with van der Waals surface area (Å²) in [4.78, 5) is 15.1. The van der Waals surface area contributed by atoms with Crippen LogP contribution in [-0.4, -0.2) is 16.1 Å². The lowest BCUT2D eigenvalue weighted by molar-refractivity contribution is 0.0697. The molecule has 1 unspecified atom stereocenters. The highest BCUT2D eigenvalue weighted by Crippen LogP contribution is 2.40. The molecule has 104 valence electrons. The van der Waals surface area contributed by atoms with Crippen molar-refractivity contribution in [2.45, 2.75) is 26.7 Å². The largest absolute Gasteiger partial charge is 0.478 e. The van der Waals surface area contributed by atoms with Gasteiger partial charge in [0.1, 0.15) is 0 Å². The molecule has 1 aromatic carbocycles. The number of rotatable bonds is 3. The first-order valence-electron chi connectivity index (χ1n) is 6.63. The third kappa shape index (κ3) is 3.05. The van der Waals surface area contributed by atoms with Crippen molar-refractivity contribution >= 4 is 5.97 Å². The van der Waals surface area contributed by atoms with E-state index in [0.717, 1.165) is 11.1 Å². The van der Waals surface area contributed by atoms with Gasteiger partial charge in [-0.15, -0.1) is 0 Å². The van der Waals surface area contributed by atoms with E-state index in [1.165, 1.54) is 0 Å². The van der Waals surface area contributed by atoms with Crippen LogP contribution in [0, 0.1) is 5.41 Å². The van der Waals surface area contributed by atoms with E-state index in [1.54, 1.807) is 18.3 Å². The first kappa shape index (κ1) is 14.3. The van der Waals surface area contributed by atoms with Gasteiger partial charge in [-0.05, 0) is 34.7 Å². The molecule has 1 N–H and O–H groups in total. The fourth-order valence-corrected chi connectivity index (χ4v) is 2.56. The number of carbonyl (C=O) groups is 1. The summed E-state index contributed by atoms with van der Waals surface area (Å²) >= 11 is 0. The van der Waals surface area contributed by atoms with Crippen molar-refractivity contribution in [3.05, 3.63) is 65.5 Å². The highest BCUT2D eigenvalue weighted by Gasteiger charge is 2.28. The third-order valence-corrected chi connectivity index (χ3v) is 3.37. The first-order chi connectivity index (χ1) is 9.39. The molecule has 0 spiro atoms. The molecule has 0 radical (unpaired) electrons. The minimum atomic E-state index is -0.898. The Bertz CT molecular complexity index is 583. The lowest BCUT2D eigenvalue weighted by Crippen LogP contribution is -2.20. The first-order valence-corrected chi connectivity index (χ1v) is 6.63. The zero-order valence-corrected chi connectivity index (χ0v) is 12.0. The molecule has 3 heteroatoms. The molecule has 1 aromatic heterocycles. The van der Waals surface area contributed by atoms with Crippen molar-refractivity contribution in [1.29, 1.82) is 0 Å². The van der Waals surface area contributed by atoms with Crippen LogP contribution >= 0.6 is 0 Å². The summed E-state index contributed by atoms with van der Waals surface area (Å²) in [6, 6.07) is 11.1. The predicted molar refractivity (Wildman–Crippen MR) is 78.9 cm³/mol. The molecule has 0 saturated heterocycles. The molecule has 0 saturated carbocycles. The second-order valence-electron chi connectivity index (χ2n) is 6.01. The summed E-state index contributed by atoms with van der Waals surface area (Å²) in [6.45, 7) is 6.53. The van der Waals surface area contributed by atoms with Gasteiger partial charge >= 0.3 is 5.97 Å². The van der Waals surface area contributed by atoms with Gasteiger partial charge in [0.25, 0.3) is 0 Å². The smallest absolute Gasteiger partial charge is 0.335 e. The van der Waals surface area contributed by atoms with E-state index < -0.39 is 5.97 Å². The summed E-state index contributed by atoms with van der Waals surface area (Å²) in [5.74, 6) is -0.718. The number of benzene rings is 1. The van der Waals surface area contributed by atoms with E-state index >= 15 is 0 Å². The molecular formula is C17H19NO2. The Kier molecular flexibility index (Phi) is 3.89. The molecule has 0 aliphatic carbocycles. The van der Waals surface area contributed by atoms with Gasteiger partial charge in [-0.25, -0.2) is 4.79 Å². The number of pyridine rings is 1. The second-order valence-corrected chi connectivity index (χ2v) is 6.01. The van der Waals surface area contributed by atoms with Crippen molar-refractivity contribution in [2.24, 2.45) is 5.41 Å². The lowest BCUT2D eigenvalue weighted by Gasteiger charge is -2.31. The Balaban J connectivity index is 2.45. The molecule has 0 fully saturated rings. The number of aromatic carboxylic acids is 1. The molecule has 0 bridgehead atoms. The highest BCUT2D eigenvalue weighted by atomic mass is 16.4. The van der Waals surface area contributed by atoms with Crippen LogP contribution in [0.3, 0.4) is 0 Å². The monoisotopic (exact) mass is 269 g/mol. The zero-order chi connectivity index (χ0) is 14.8. The lowest BCUT2D eigenvalue weighted by atomic mass is 9.73. The summed E-state index contributed by atoms with van der Waals surface area (Å²) in [6.07, 6.45) is 3.64. The van der Waals surface area contributed by atoms with Crippen LogP contribution in [0.2, 0.25) is 0 Å². The molecule has 1 heterocycles. The number of nitrogens with zero attached hydrogens (tertiary/aromatic N) is 1. The minimum absolute atomic E-state index is 0.0216. The summed E-state index contributed by atoms with van der Waals surface area (Å²) < 4.78 is 0. The molecule has 20 heavy (non-hydrogen) atoms. The maximum atomic E-state index is 10.9. The van der Waals surface area contributed by atoms with E-state index in [2.05, 4.69) is 31.8 Å². The number of hydrogen-bond acceptors (Lipinski definition) is 2. The Morgan fingerprint density at radius 1 is 1.10 bits per heavy atom. The van der Waals surface area contributed by atoms with Crippen molar-refractivity contribution in [1.82, 2.24) is 4.98 Å². The Morgan fingerprint density at radius 2 is 1.75 bits per heavy atom. The number of carboxylic acids is 1. The molecule has 0 aliphatic rings. The third-order valence-electron chi connectivity index (χ3n) is 3.37. The summed E-state index contributed by atoms with van der Waals surface area (Å²) in [5.41, 5.74) is 2.58. The van der Waals surface area contributed by atoms with Gasteiger partial charge in [0.2, 0.25) is 0 Å². The quantitative estimate of drug-likeness (QED) is 0.917. The predicted octanol–water partition coefficient (Wildman–Crippen LogP) is 3.96. The Morgan fingerprint density at radius 3 is 2.20 bits per heavy atom. The molecule has 0 aliphatic heterocycles. The molecule has 2 aromatic rings. The number of aromatic nitrogens is 1. The van der Waals surface area contributed by atoms with Gasteiger partial charge < -0.3 is 5.11 Å². The van der Waals surface area contributed by atoms with Gasteiger partial charge in [0.05, 0.1) is 5.56 Å². The Labute approximate surface area is 119 Å². The normalized spacial score (nSPS) is 12.9. The average Bonchev–Trinajstić information content (AvgIpc) is 2.39. The summed E-state index contributed by atoms with van der Waals surface area (Å²) in [5, 5.41) is 8.98. The minimum Gasteiger partial charge on any atom is -0.478 e. The topological polar surface area (TPSA) is 50.2 Å². The van der Waals surface area contributed by atoms with Gasteiger partial charge in [0, 0.05) is 18.3 Å². The van der Waals surface area contributed by atoms with E-state index in [-0.39, 0.29) is 11.3 Å². The SMILES string of the molecule is CC(C)(C)C(c1ccc(C(=O)O)cc1)c1cccnc1. The van der Waals surface area contributed by atoms with E-state index in [9.17, 15) is 4.79 Å². The van der Waals surface area contributed by atoms with E-state index in [1.807, 2.05) is 24.4 Å². The zero-order valence-electron chi connectivity index (χ0n) is 12.0. The van der Waals surface area contributed by atoms with Crippen LogP contribution in [0.25, 0.3) is 0 Å². The van der Waals surface area contributed by atoms with Crippen LogP contribution < -0.4 is 0 Å². The fraction of sp³-hybridized carbons (Fsp3) is 0.294. The standard InChI is InChI=1S/C17H19NO2/c1-17(2,3)15(14-5-4-10-18-11-14)12-6-8-13(9-7-12)16(19)20/h4-11,15H,1-3H3,(H,19,20). The van der Waals surface area contributed by atoms with Crippen molar-refractivity contribution < 1.29 is 9.90 Å².